The molecule has 0 amide bonds. The van der Waals surface area contributed by atoms with Crippen LogP contribution in [0.3, 0.4) is 0 Å². The van der Waals surface area contributed by atoms with Gasteiger partial charge in [0.15, 0.2) is 0 Å². The summed E-state index contributed by atoms with van der Waals surface area (Å²) >= 11 is 0. The van der Waals surface area contributed by atoms with Gasteiger partial charge in [-0.15, -0.1) is 0 Å². The number of likely N-dealkylation sites (tertiary alicyclic amines) is 1. The monoisotopic (exact) mass is 201 g/mol. The highest BCUT2D eigenvalue weighted by atomic mass is 16.5. The third-order valence-corrected chi connectivity index (χ3v) is 2.77. The highest BCUT2D eigenvalue weighted by Gasteiger charge is 2.25. The predicted molar refractivity (Wildman–Crippen MR) is 57.4 cm³/mol. The summed E-state index contributed by atoms with van der Waals surface area (Å²) in [5.41, 5.74) is 0.467. The summed E-state index contributed by atoms with van der Waals surface area (Å²) in [6, 6.07) is 0. The molecule has 0 aliphatic carbocycles. The molecule has 1 aliphatic heterocycles. The normalized spacial score (nSPS) is 22.5. The van der Waals surface area contributed by atoms with E-state index in [0.717, 1.165) is 13.2 Å². The maximum Gasteiger partial charge on any atom is 0.0698 e. The Morgan fingerprint density at radius 1 is 1.36 bits per heavy atom. The van der Waals surface area contributed by atoms with Crippen molar-refractivity contribution in [2.45, 2.75) is 26.7 Å². The highest BCUT2D eigenvalue weighted by molar-refractivity contribution is 4.79. The van der Waals surface area contributed by atoms with Crippen LogP contribution in [0, 0.1) is 5.41 Å². The van der Waals surface area contributed by atoms with Crippen LogP contribution in [-0.2, 0) is 4.74 Å². The van der Waals surface area contributed by atoms with Gasteiger partial charge in [0.25, 0.3) is 0 Å². The third kappa shape index (κ3) is 4.40. The fourth-order valence-electron chi connectivity index (χ4n) is 2.10. The van der Waals surface area contributed by atoms with E-state index in [9.17, 15) is 0 Å². The van der Waals surface area contributed by atoms with Gasteiger partial charge in [-0.2, -0.15) is 0 Å². The summed E-state index contributed by atoms with van der Waals surface area (Å²) < 4.78 is 5.26. The second-order valence-electron chi connectivity index (χ2n) is 4.88. The van der Waals surface area contributed by atoms with Gasteiger partial charge in [-0.05, 0) is 24.8 Å². The van der Waals surface area contributed by atoms with Crippen molar-refractivity contribution in [3.63, 3.8) is 0 Å². The lowest BCUT2D eigenvalue weighted by Crippen LogP contribution is -2.41. The zero-order valence-corrected chi connectivity index (χ0v) is 9.46. The van der Waals surface area contributed by atoms with Gasteiger partial charge in [0.05, 0.1) is 19.8 Å². The minimum absolute atomic E-state index is 0.130. The Labute approximate surface area is 87.1 Å². The second kappa shape index (κ2) is 5.69. The molecule has 0 aromatic heterocycles. The van der Waals surface area contributed by atoms with E-state index in [-0.39, 0.29) is 6.61 Å². The number of ether oxygens (including phenoxy) is 1. The minimum Gasteiger partial charge on any atom is -0.394 e. The van der Waals surface area contributed by atoms with E-state index in [0.29, 0.717) is 12.0 Å². The van der Waals surface area contributed by atoms with Crippen molar-refractivity contribution in [2.75, 3.05) is 39.5 Å². The average molecular weight is 201 g/mol. The first-order valence-electron chi connectivity index (χ1n) is 5.55. The summed E-state index contributed by atoms with van der Waals surface area (Å²) in [5, 5.41) is 8.55. The van der Waals surface area contributed by atoms with Crippen molar-refractivity contribution in [1.29, 1.82) is 0 Å². The van der Waals surface area contributed by atoms with Crippen LogP contribution in [0.4, 0.5) is 0 Å². The number of piperidine rings is 1. The van der Waals surface area contributed by atoms with E-state index in [1.807, 2.05) is 0 Å². The van der Waals surface area contributed by atoms with Gasteiger partial charge >= 0.3 is 0 Å². The number of nitrogens with zero attached hydrogens (tertiary/aromatic N) is 1. The van der Waals surface area contributed by atoms with E-state index in [1.165, 1.54) is 25.9 Å². The van der Waals surface area contributed by atoms with E-state index in [4.69, 9.17) is 9.84 Å². The Morgan fingerprint density at radius 3 is 2.79 bits per heavy atom. The quantitative estimate of drug-likeness (QED) is 0.677. The SMILES string of the molecule is CC1(C)CCCN(CCOCCO)C1. The summed E-state index contributed by atoms with van der Waals surface area (Å²) in [6.07, 6.45) is 2.63. The molecule has 0 aromatic rings. The molecule has 0 radical (unpaired) electrons. The van der Waals surface area contributed by atoms with Crippen molar-refractivity contribution in [3.05, 3.63) is 0 Å². The maximum atomic E-state index is 8.55. The van der Waals surface area contributed by atoms with E-state index in [1.54, 1.807) is 0 Å². The molecule has 1 heterocycles. The summed E-state index contributed by atoms with van der Waals surface area (Å²) in [4.78, 5) is 2.46. The third-order valence-electron chi connectivity index (χ3n) is 2.77. The van der Waals surface area contributed by atoms with Crippen molar-refractivity contribution >= 4 is 0 Å². The molecular weight excluding hydrogens is 178 g/mol. The van der Waals surface area contributed by atoms with Crippen LogP contribution in [0.15, 0.2) is 0 Å². The zero-order chi connectivity index (χ0) is 10.4. The Balaban J connectivity index is 2.12. The molecular formula is C11H23NO2. The molecule has 84 valence electrons. The first-order valence-corrected chi connectivity index (χ1v) is 5.55. The first-order chi connectivity index (χ1) is 6.64. The van der Waals surface area contributed by atoms with Crippen LogP contribution in [0.25, 0.3) is 0 Å². The Hall–Kier alpha value is -0.120. The molecule has 1 rings (SSSR count). The lowest BCUT2D eigenvalue weighted by Gasteiger charge is -2.37. The molecule has 3 heteroatoms. The molecule has 0 spiro atoms. The number of aliphatic hydroxyl groups excluding tert-OH is 1. The van der Waals surface area contributed by atoms with Crippen molar-refractivity contribution in [1.82, 2.24) is 4.90 Å². The van der Waals surface area contributed by atoms with Gasteiger partial charge < -0.3 is 14.7 Å². The molecule has 0 unspecified atom stereocenters. The zero-order valence-electron chi connectivity index (χ0n) is 9.46. The minimum atomic E-state index is 0.130. The summed E-state index contributed by atoms with van der Waals surface area (Å²) in [6.45, 7) is 9.38. The largest absolute Gasteiger partial charge is 0.394 e. The lowest BCUT2D eigenvalue weighted by atomic mass is 9.84. The van der Waals surface area contributed by atoms with Crippen LogP contribution in [0.1, 0.15) is 26.7 Å². The van der Waals surface area contributed by atoms with Gasteiger partial charge in [0.1, 0.15) is 0 Å². The molecule has 14 heavy (non-hydrogen) atoms. The molecule has 0 bridgehead atoms. The number of hydrogen-bond donors (Lipinski definition) is 1. The molecule has 1 saturated heterocycles. The van der Waals surface area contributed by atoms with Gasteiger partial charge in [0, 0.05) is 13.1 Å². The van der Waals surface area contributed by atoms with Crippen LogP contribution >= 0.6 is 0 Å². The fourth-order valence-corrected chi connectivity index (χ4v) is 2.10. The topological polar surface area (TPSA) is 32.7 Å². The predicted octanol–water partition coefficient (Wildman–Crippen LogP) is 1.12. The second-order valence-corrected chi connectivity index (χ2v) is 4.88. The Bertz CT molecular complexity index is 159. The van der Waals surface area contributed by atoms with E-state index in [2.05, 4.69) is 18.7 Å². The average Bonchev–Trinajstić information content (AvgIpc) is 2.11. The van der Waals surface area contributed by atoms with E-state index < -0.39 is 0 Å². The van der Waals surface area contributed by atoms with Crippen LogP contribution in [0.2, 0.25) is 0 Å². The lowest BCUT2D eigenvalue weighted by molar-refractivity contribution is 0.0499. The van der Waals surface area contributed by atoms with Crippen LogP contribution in [0.5, 0.6) is 0 Å². The van der Waals surface area contributed by atoms with Gasteiger partial charge in [-0.25, -0.2) is 0 Å². The molecule has 0 saturated carbocycles. The van der Waals surface area contributed by atoms with Crippen LogP contribution < -0.4 is 0 Å². The van der Waals surface area contributed by atoms with Gasteiger partial charge in [0.2, 0.25) is 0 Å². The maximum absolute atomic E-state index is 8.55. The molecule has 1 aliphatic rings. The summed E-state index contributed by atoms with van der Waals surface area (Å²) in [5.74, 6) is 0. The Kier molecular flexibility index (Phi) is 4.85. The fraction of sp³-hybridized carbons (Fsp3) is 1.00. The number of hydrogen-bond acceptors (Lipinski definition) is 3. The molecule has 0 aromatic carbocycles. The van der Waals surface area contributed by atoms with Gasteiger partial charge in [-0.3, -0.25) is 0 Å². The summed E-state index contributed by atoms with van der Waals surface area (Å²) in [7, 11) is 0. The van der Waals surface area contributed by atoms with Crippen molar-refractivity contribution in [2.24, 2.45) is 5.41 Å². The molecule has 1 fully saturated rings. The van der Waals surface area contributed by atoms with Crippen LogP contribution in [-0.4, -0.2) is 49.5 Å². The Morgan fingerprint density at radius 2 is 2.14 bits per heavy atom. The molecule has 0 atom stereocenters. The first kappa shape index (κ1) is 12.0. The van der Waals surface area contributed by atoms with E-state index >= 15 is 0 Å². The highest BCUT2D eigenvalue weighted by Crippen LogP contribution is 2.27. The molecule has 1 N–H and O–H groups in total. The van der Waals surface area contributed by atoms with Crippen molar-refractivity contribution < 1.29 is 9.84 Å². The number of rotatable bonds is 5. The number of aliphatic hydroxyl groups is 1. The van der Waals surface area contributed by atoms with Crippen molar-refractivity contribution in [3.8, 4) is 0 Å². The smallest absolute Gasteiger partial charge is 0.0698 e. The standard InChI is InChI=1S/C11H23NO2/c1-11(2)4-3-5-12(10-11)6-8-14-9-7-13/h13H,3-10H2,1-2H3. The van der Waals surface area contributed by atoms with Gasteiger partial charge in [-0.1, -0.05) is 13.8 Å². The molecule has 3 nitrogen and oxygen atoms in total.